The van der Waals surface area contributed by atoms with Gasteiger partial charge in [-0.1, -0.05) is 36.9 Å². The predicted octanol–water partition coefficient (Wildman–Crippen LogP) is 4.73. The second-order valence-electron chi connectivity index (χ2n) is 4.84. The van der Waals surface area contributed by atoms with E-state index in [-0.39, 0.29) is 0 Å². The molecule has 2 aromatic carbocycles. The van der Waals surface area contributed by atoms with Crippen molar-refractivity contribution in [3.63, 3.8) is 0 Å². The van der Waals surface area contributed by atoms with E-state index in [1.54, 1.807) is 0 Å². The average molecular weight is 275 g/mol. The summed E-state index contributed by atoms with van der Waals surface area (Å²) in [7, 11) is 1.91. The zero-order chi connectivity index (χ0) is 14.7. The molecule has 0 atom stereocenters. The Labute approximate surface area is 125 Å². The minimum atomic E-state index is 0.828. The number of nitrogens with one attached hydrogen (secondary N) is 1. The number of benzene rings is 2. The molecule has 2 nitrogen and oxygen atoms in total. The van der Waals surface area contributed by atoms with E-state index in [0.717, 1.165) is 33.9 Å². The van der Waals surface area contributed by atoms with E-state index in [1.807, 2.05) is 73.8 Å². The molecule has 2 aromatic rings. The van der Waals surface area contributed by atoms with Crippen LogP contribution >= 0.6 is 0 Å². The van der Waals surface area contributed by atoms with Crippen LogP contribution in [-0.2, 0) is 0 Å². The number of para-hydroxylation sites is 1. The second kappa shape index (κ2) is 5.71. The monoisotopic (exact) mass is 275 g/mol. The van der Waals surface area contributed by atoms with E-state index in [1.165, 1.54) is 0 Å². The summed E-state index contributed by atoms with van der Waals surface area (Å²) in [5.41, 5.74) is 4.09. The van der Waals surface area contributed by atoms with Gasteiger partial charge in [0.25, 0.3) is 0 Å². The number of hydrogen-bond donors (Lipinski definition) is 1. The fraction of sp³-hybridized carbons (Fsp3) is 0.0526. The number of anilines is 1. The van der Waals surface area contributed by atoms with E-state index in [2.05, 4.69) is 11.9 Å². The molecule has 1 aliphatic heterocycles. The lowest BCUT2D eigenvalue weighted by molar-refractivity contribution is 0.513. The topological polar surface area (TPSA) is 21.3 Å². The molecular weight excluding hydrogens is 258 g/mol. The van der Waals surface area contributed by atoms with Crippen LogP contribution in [-0.4, -0.2) is 7.05 Å². The molecular formula is C19H17NO. The van der Waals surface area contributed by atoms with Crippen LogP contribution < -0.4 is 10.1 Å². The molecule has 21 heavy (non-hydrogen) atoms. The Morgan fingerprint density at radius 2 is 1.76 bits per heavy atom. The summed E-state index contributed by atoms with van der Waals surface area (Å²) >= 11 is 0. The van der Waals surface area contributed by atoms with E-state index in [0.29, 0.717) is 0 Å². The molecule has 0 fully saturated rings. The van der Waals surface area contributed by atoms with E-state index in [9.17, 15) is 0 Å². The van der Waals surface area contributed by atoms with Crippen molar-refractivity contribution in [2.75, 3.05) is 12.4 Å². The third-order valence-electron chi connectivity index (χ3n) is 3.46. The SMILES string of the molecule is C=C1/C=C\C=C(\c2ccc(NC)cc2)Oc2ccccc21. The molecule has 0 spiro atoms. The van der Waals surface area contributed by atoms with E-state index < -0.39 is 0 Å². The van der Waals surface area contributed by atoms with Crippen molar-refractivity contribution in [3.05, 3.63) is 84.5 Å². The van der Waals surface area contributed by atoms with Gasteiger partial charge in [0.15, 0.2) is 0 Å². The molecule has 0 radical (unpaired) electrons. The summed E-state index contributed by atoms with van der Waals surface area (Å²) < 4.78 is 6.10. The lowest BCUT2D eigenvalue weighted by atomic mass is 10.0. The molecule has 0 bridgehead atoms. The van der Waals surface area contributed by atoms with Gasteiger partial charge in [-0.15, -0.1) is 0 Å². The molecule has 2 heteroatoms. The standard InChI is InChI=1S/C19H17NO/c1-14-6-5-9-18(15-10-12-16(20-2)13-11-15)21-19-8-4-3-7-17(14)19/h3-13,20H,1H2,2H3/b6-5-,18-9-. The Balaban J connectivity index is 2.01. The highest BCUT2D eigenvalue weighted by Crippen LogP contribution is 2.31. The van der Waals surface area contributed by atoms with Gasteiger partial charge in [0.05, 0.1) is 0 Å². The Morgan fingerprint density at radius 3 is 2.52 bits per heavy atom. The summed E-state index contributed by atoms with van der Waals surface area (Å²) in [6.07, 6.45) is 5.94. The third kappa shape index (κ3) is 2.75. The van der Waals surface area contributed by atoms with Gasteiger partial charge in [-0.3, -0.25) is 0 Å². The fourth-order valence-corrected chi connectivity index (χ4v) is 2.27. The number of rotatable bonds is 2. The second-order valence-corrected chi connectivity index (χ2v) is 4.84. The number of hydrogen-bond acceptors (Lipinski definition) is 2. The maximum absolute atomic E-state index is 6.10. The number of ether oxygens (including phenoxy) is 1. The maximum atomic E-state index is 6.10. The smallest absolute Gasteiger partial charge is 0.135 e. The van der Waals surface area contributed by atoms with Crippen molar-refractivity contribution < 1.29 is 4.74 Å². The Kier molecular flexibility index (Phi) is 3.61. The van der Waals surface area contributed by atoms with Crippen LogP contribution in [0.1, 0.15) is 11.1 Å². The lowest BCUT2D eigenvalue weighted by Crippen LogP contribution is -1.99. The molecule has 0 saturated heterocycles. The van der Waals surface area contributed by atoms with Gasteiger partial charge >= 0.3 is 0 Å². The van der Waals surface area contributed by atoms with Gasteiger partial charge in [-0.05, 0) is 42.0 Å². The summed E-state index contributed by atoms with van der Waals surface area (Å²) in [5.74, 6) is 1.66. The largest absolute Gasteiger partial charge is 0.456 e. The first-order valence-corrected chi connectivity index (χ1v) is 6.90. The summed E-state index contributed by atoms with van der Waals surface area (Å²) in [4.78, 5) is 0. The quantitative estimate of drug-likeness (QED) is 0.855. The zero-order valence-corrected chi connectivity index (χ0v) is 12.0. The molecule has 3 rings (SSSR count). The van der Waals surface area contributed by atoms with Gasteiger partial charge in [-0.2, -0.15) is 0 Å². The Hall–Kier alpha value is -2.74. The fourth-order valence-electron chi connectivity index (χ4n) is 2.27. The lowest BCUT2D eigenvalue weighted by Gasteiger charge is -2.16. The van der Waals surface area contributed by atoms with Crippen molar-refractivity contribution in [2.24, 2.45) is 0 Å². The van der Waals surface area contributed by atoms with Crippen LogP contribution in [0.25, 0.3) is 11.3 Å². The van der Waals surface area contributed by atoms with Crippen LogP contribution in [0.5, 0.6) is 5.75 Å². The minimum Gasteiger partial charge on any atom is -0.456 e. The van der Waals surface area contributed by atoms with Gasteiger partial charge in [0.2, 0.25) is 0 Å². The molecule has 0 unspecified atom stereocenters. The molecule has 104 valence electrons. The third-order valence-corrected chi connectivity index (χ3v) is 3.46. The molecule has 1 aliphatic rings. The van der Waals surface area contributed by atoms with Gasteiger partial charge in [0.1, 0.15) is 11.5 Å². The molecule has 0 saturated carbocycles. The summed E-state index contributed by atoms with van der Waals surface area (Å²) in [6, 6.07) is 16.1. The van der Waals surface area contributed by atoms with Crippen molar-refractivity contribution in [1.29, 1.82) is 0 Å². The normalized spacial score (nSPS) is 17.6. The predicted molar refractivity (Wildman–Crippen MR) is 89.2 cm³/mol. The van der Waals surface area contributed by atoms with Gasteiger partial charge in [0, 0.05) is 23.9 Å². The molecule has 1 N–H and O–H groups in total. The molecule has 1 heterocycles. The number of fused-ring (bicyclic) bond motifs is 1. The van der Waals surface area contributed by atoms with Gasteiger partial charge < -0.3 is 10.1 Å². The van der Waals surface area contributed by atoms with Crippen molar-refractivity contribution in [1.82, 2.24) is 0 Å². The van der Waals surface area contributed by atoms with Gasteiger partial charge in [-0.25, -0.2) is 0 Å². The summed E-state index contributed by atoms with van der Waals surface area (Å²) in [5, 5.41) is 3.12. The molecule has 0 aromatic heterocycles. The Bertz CT molecular complexity index is 723. The highest BCUT2D eigenvalue weighted by Gasteiger charge is 2.11. The minimum absolute atomic E-state index is 0.828. The van der Waals surface area contributed by atoms with E-state index >= 15 is 0 Å². The van der Waals surface area contributed by atoms with Crippen LogP contribution in [0.15, 0.2) is 73.3 Å². The maximum Gasteiger partial charge on any atom is 0.135 e. The first kappa shape index (κ1) is 13.3. The first-order chi connectivity index (χ1) is 10.3. The number of allylic oxidation sites excluding steroid dienone is 4. The average Bonchev–Trinajstić information content (AvgIpc) is 2.52. The van der Waals surface area contributed by atoms with Crippen LogP contribution in [0.4, 0.5) is 5.69 Å². The van der Waals surface area contributed by atoms with Crippen LogP contribution in [0.2, 0.25) is 0 Å². The van der Waals surface area contributed by atoms with E-state index in [4.69, 9.17) is 4.74 Å². The first-order valence-electron chi connectivity index (χ1n) is 6.90. The van der Waals surface area contributed by atoms with Crippen LogP contribution in [0, 0.1) is 0 Å². The molecule has 0 amide bonds. The van der Waals surface area contributed by atoms with Crippen molar-refractivity contribution in [3.8, 4) is 5.75 Å². The molecule has 0 aliphatic carbocycles. The highest BCUT2D eigenvalue weighted by atomic mass is 16.5. The van der Waals surface area contributed by atoms with Crippen LogP contribution in [0.3, 0.4) is 0 Å². The zero-order valence-electron chi connectivity index (χ0n) is 12.0. The van der Waals surface area contributed by atoms with Crippen molar-refractivity contribution in [2.45, 2.75) is 0 Å². The summed E-state index contributed by atoms with van der Waals surface area (Å²) in [6.45, 7) is 4.07. The Morgan fingerprint density at radius 1 is 1.00 bits per heavy atom. The highest BCUT2D eigenvalue weighted by molar-refractivity contribution is 5.79. The van der Waals surface area contributed by atoms with Crippen molar-refractivity contribution >= 4 is 17.0 Å².